The molecule has 172 valence electrons. The van der Waals surface area contributed by atoms with Crippen LogP contribution in [0.3, 0.4) is 0 Å². The van der Waals surface area contributed by atoms with Gasteiger partial charge in [-0.15, -0.1) is 10.2 Å². The summed E-state index contributed by atoms with van der Waals surface area (Å²) in [4.78, 5) is 8.25. The second-order valence-electron chi connectivity index (χ2n) is 6.84. The molecular weight excluding hydrogens is 483 g/mol. The van der Waals surface area contributed by atoms with Gasteiger partial charge in [-0.1, -0.05) is 18.5 Å². The van der Waals surface area contributed by atoms with E-state index in [0.717, 1.165) is 18.3 Å². The second-order valence-corrected chi connectivity index (χ2v) is 9.47. The Balaban J connectivity index is 1.90. The van der Waals surface area contributed by atoms with E-state index in [4.69, 9.17) is 11.6 Å². The second kappa shape index (κ2) is 8.23. The summed E-state index contributed by atoms with van der Waals surface area (Å²) in [7, 11) is -2.25. The summed E-state index contributed by atoms with van der Waals surface area (Å²) in [6.07, 6.45) is -2.01. The third kappa shape index (κ3) is 4.33. The summed E-state index contributed by atoms with van der Waals surface area (Å²) in [5, 5.41) is 12.2. The molecule has 0 atom stereocenters. The topological polar surface area (TPSA) is 108 Å². The third-order valence-corrected chi connectivity index (χ3v) is 6.71. The Bertz CT molecular complexity index is 1450. The molecule has 4 heterocycles. The minimum atomic E-state index is -4.57. The predicted octanol–water partition coefficient (Wildman–Crippen LogP) is 3.59. The molecule has 4 rings (SSSR count). The molecular formula is C19H15ClF3N7O2S. The lowest BCUT2D eigenvalue weighted by molar-refractivity contribution is -0.137. The summed E-state index contributed by atoms with van der Waals surface area (Å²) in [5.74, 6) is 0.0874. The van der Waals surface area contributed by atoms with Gasteiger partial charge in [-0.2, -0.15) is 18.3 Å². The summed E-state index contributed by atoms with van der Waals surface area (Å²) in [6, 6.07) is 6.03. The molecule has 33 heavy (non-hydrogen) atoms. The van der Waals surface area contributed by atoms with Gasteiger partial charge in [0.1, 0.15) is 11.4 Å². The third-order valence-electron chi connectivity index (χ3n) is 4.75. The number of halogens is 4. The molecule has 4 aromatic rings. The van der Waals surface area contributed by atoms with Gasteiger partial charge in [0, 0.05) is 19.4 Å². The zero-order valence-corrected chi connectivity index (χ0v) is 18.7. The fourth-order valence-corrected chi connectivity index (χ4v) is 4.20. The van der Waals surface area contributed by atoms with Crippen molar-refractivity contribution in [2.75, 3.05) is 5.75 Å². The molecule has 0 spiro atoms. The van der Waals surface area contributed by atoms with Crippen LogP contribution in [0.2, 0.25) is 5.15 Å². The fraction of sp³-hybridized carbons (Fsp3) is 0.211. The van der Waals surface area contributed by atoms with Gasteiger partial charge < -0.3 is 4.57 Å². The molecule has 0 radical (unpaired) electrons. The van der Waals surface area contributed by atoms with Gasteiger partial charge in [0.05, 0.1) is 16.2 Å². The zero-order valence-electron chi connectivity index (χ0n) is 17.1. The Hall–Kier alpha value is -3.32. The van der Waals surface area contributed by atoms with E-state index in [1.807, 2.05) is 0 Å². The van der Waals surface area contributed by atoms with Crippen LogP contribution in [0.15, 0.2) is 47.6 Å². The highest BCUT2D eigenvalue weighted by Crippen LogP contribution is 2.32. The van der Waals surface area contributed by atoms with Crippen molar-refractivity contribution in [3.63, 3.8) is 0 Å². The quantitative estimate of drug-likeness (QED) is 0.414. The number of nitrogens with zero attached hydrogens (tertiary/aromatic N) is 7. The molecule has 0 aromatic carbocycles. The van der Waals surface area contributed by atoms with Crippen LogP contribution < -0.4 is 0 Å². The van der Waals surface area contributed by atoms with E-state index in [9.17, 15) is 21.6 Å². The number of pyridine rings is 2. The first-order chi connectivity index (χ1) is 15.5. The molecule has 0 bridgehead atoms. The number of hydrogen-bond donors (Lipinski definition) is 0. The van der Waals surface area contributed by atoms with E-state index in [2.05, 4.69) is 25.3 Å². The van der Waals surface area contributed by atoms with E-state index >= 15 is 0 Å². The molecule has 0 aliphatic heterocycles. The first kappa shape index (κ1) is 22.9. The van der Waals surface area contributed by atoms with E-state index in [1.165, 1.54) is 47.6 Å². The van der Waals surface area contributed by atoms with Crippen molar-refractivity contribution in [1.29, 1.82) is 0 Å². The Kier molecular flexibility index (Phi) is 5.70. The average molecular weight is 498 g/mol. The van der Waals surface area contributed by atoms with Crippen LogP contribution in [0.4, 0.5) is 13.2 Å². The van der Waals surface area contributed by atoms with Crippen molar-refractivity contribution in [2.24, 2.45) is 7.05 Å². The molecule has 0 saturated heterocycles. The van der Waals surface area contributed by atoms with Crippen molar-refractivity contribution < 1.29 is 21.6 Å². The lowest BCUT2D eigenvalue weighted by atomic mass is 10.2. The van der Waals surface area contributed by atoms with Crippen molar-refractivity contribution in [3.8, 4) is 28.9 Å². The van der Waals surface area contributed by atoms with Gasteiger partial charge in [-0.3, -0.25) is 4.98 Å². The SMILES string of the molecule is CCS(=O)(=O)c1ccc(-n2ccc(Cl)n2)nc1-c1nnc(-c2cc(C(F)(F)F)ccn2)n1C. The number of hydrogen-bond acceptors (Lipinski definition) is 7. The number of rotatable bonds is 5. The summed E-state index contributed by atoms with van der Waals surface area (Å²) < 4.78 is 67.5. The molecule has 0 N–H and O–H groups in total. The normalized spacial score (nSPS) is 12.3. The highest BCUT2D eigenvalue weighted by atomic mass is 35.5. The van der Waals surface area contributed by atoms with Gasteiger partial charge >= 0.3 is 6.18 Å². The highest BCUT2D eigenvalue weighted by molar-refractivity contribution is 7.91. The molecule has 0 fully saturated rings. The number of alkyl halides is 3. The minimum Gasteiger partial charge on any atom is -0.307 e. The van der Waals surface area contributed by atoms with Crippen LogP contribution in [0.1, 0.15) is 12.5 Å². The molecule has 0 amide bonds. The van der Waals surface area contributed by atoms with E-state index in [1.54, 1.807) is 0 Å². The molecule has 0 saturated carbocycles. The molecule has 9 nitrogen and oxygen atoms in total. The summed E-state index contributed by atoms with van der Waals surface area (Å²) in [5.41, 5.74) is -1.02. The van der Waals surface area contributed by atoms with Crippen molar-refractivity contribution >= 4 is 21.4 Å². The van der Waals surface area contributed by atoms with Crippen molar-refractivity contribution in [2.45, 2.75) is 18.0 Å². The number of aromatic nitrogens is 7. The molecule has 4 aromatic heterocycles. The van der Waals surface area contributed by atoms with E-state index in [0.29, 0.717) is 0 Å². The van der Waals surface area contributed by atoms with Crippen molar-refractivity contribution in [3.05, 3.63) is 53.4 Å². The van der Waals surface area contributed by atoms with Crippen LogP contribution in [-0.2, 0) is 23.1 Å². The number of sulfone groups is 1. The van der Waals surface area contributed by atoms with Crippen LogP contribution in [0, 0.1) is 0 Å². The van der Waals surface area contributed by atoms with Crippen LogP contribution in [-0.4, -0.2) is 48.7 Å². The maximum Gasteiger partial charge on any atom is 0.416 e. The van der Waals surface area contributed by atoms with Gasteiger partial charge in [-0.05, 0) is 30.3 Å². The first-order valence-electron chi connectivity index (χ1n) is 9.40. The van der Waals surface area contributed by atoms with Crippen LogP contribution in [0.5, 0.6) is 0 Å². The maximum absolute atomic E-state index is 13.1. The van der Waals surface area contributed by atoms with Crippen molar-refractivity contribution in [1.82, 2.24) is 34.5 Å². The van der Waals surface area contributed by atoms with Gasteiger partial charge in [0.25, 0.3) is 0 Å². The maximum atomic E-state index is 13.1. The first-order valence-corrected chi connectivity index (χ1v) is 11.4. The Morgan fingerprint density at radius 2 is 1.82 bits per heavy atom. The van der Waals surface area contributed by atoms with Gasteiger partial charge in [-0.25, -0.2) is 18.1 Å². The zero-order chi connectivity index (χ0) is 24.0. The van der Waals surface area contributed by atoms with Gasteiger partial charge in [0.2, 0.25) is 0 Å². The van der Waals surface area contributed by atoms with Crippen LogP contribution in [0.25, 0.3) is 28.9 Å². The standard InChI is InChI=1S/C19H15ClF3N7O2S/c1-3-33(31,32)13-4-5-15(30-9-7-14(20)28-30)25-16(13)18-27-26-17(29(18)2)12-10-11(6-8-24-12)19(21,22)23/h4-10H,3H2,1-2H3. The minimum absolute atomic E-state index is 0.00489. The average Bonchev–Trinajstić information content (AvgIpc) is 3.38. The summed E-state index contributed by atoms with van der Waals surface area (Å²) >= 11 is 5.87. The lowest BCUT2D eigenvalue weighted by Crippen LogP contribution is -2.11. The molecule has 14 heteroatoms. The Morgan fingerprint density at radius 3 is 2.45 bits per heavy atom. The van der Waals surface area contributed by atoms with Crippen LogP contribution >= 0.6 is 11.6 Å². The smallest absolute Gasteiger partial charge is 0.307 e. The molecule has 0 aliphatic carbocycles. The Morgan fingerprint density at radius 1 is 1.09 bits per heavy atom. The molecule has 0 aliphatic rings. The van der Waals surface area contributed by atoms with E-state index in [-0.39, 0.29) is 44.7 Å². The monoisotopic (exact) mass is 497 g/mol. The fourth-order valence-electron chi connectivity index (χ4n) is 3.05. The Labute approximate surface area is 190 Å². The lowest BCUT2D eigenvalue weighted by Gasteiger charge is -2.11. The molecule has 0 unspecified atom stereocenters. The van der Waals surface area contributed by atoms with E-state index < -0.39 is 21.6 Å². The largest absolute Gasteiger partial charge is 0.416 e. The highest BCUT2D eigenvalue weighted by Gasteiger charge is 2.31. The predicted molar refractivity (Wildman–Crippen MR) is 112 cm³/mol. The summed E-state index contributed by atoms with van der Waals surface area (Å²) in [6.45, 7) is 1.48. The van der Waals surface area contributed by atoms with Gasteiger partial charge in [0.15, 0.2) is 32.5 Å².